The van der Waals surface area contributed by atoms with Crippen LogP contribution >= 0.6 is 11.6 Å². The lowest BCUT2D eigenvalue weighted by Gasteiger charge is -2.46. The van der Waals surface area contributed by atoms with Gasteiger partial charge in [0.05, 0.1) is 11.8 Å². The molecule has 2 aromatic rings. The van der Waals surface area contributed by atoms with Crippen LogP contribution in [0.5, 0.6) is 0 Å². The molecule has 1 aliphatic carbocycles. The quantitative estimate of drug-likeness (QED) is 0.940. The van der Waals surface area contributed by atoms with E-state index in [0.29, 0.717) is 11.6 Å². The minimum Gasteiger partial charge on any atom is -0.392 e. The molecular weight excluding hydrogens is 284 g/mol. The van der Waals surface area contributed by atoms with Crippen molar-refractivity contribution in [1.82, 2.24) is 9.78 Å². The second-order valence-electron chi connectivity index (χ2n) is 6.07. The SMILES string of the molecule is Cc1nn(C)c(Cl)c1CC(O)C1(c2ccccc2)CCC1. The van der Waals surface area contributed by atoms with Gasteiger partial charge < -0.3 is 5.11 Å². The van der Waals surface area contributed by atoms with E-state index in [1.54, 1.807) is 4.68 Å². The molecule has 1 N–H and O–H groups in total. The summed E-state index contributed by atoms with van der Waals surface area (Å²) in [5, 5.41) is 15.9. The van der Waals surface area contributed by atoms with Gasteiger partial charge in [-0.15, -0.1) is 0 Å². The van der Waals surface area contributed by atoms with Crippen LogP contribution in [0.3, 0.4) is 0 Å². The van der Waals surface area contributed by atoms with Crippen molar-refractivity contribution in [1.29, 1.82) is 0 Å². The minimum absolute atomic E-state index is 0.118. The molecule has 1 atom stereocenters. The van der Waals surface area contributed by atoms with Crippen molar-refractivity contribution in [2.75, 3.05) is 0 Å². The van der Waals surface area contributed by atoms with Crippen LogP contribution in [0.1, 0.15) is 36.1 Å². The van der Waals surface area contributed by atoms with Gasteiger partial charge in [-0.3, -0.25) is 4.68 Å². The predicted octanol–water partition coefficient (Wildman–Crippen LogP) is 3.41. The zero-order chi connectivity index (χ0) is 15.0. The molecule has 1 unspecified atom stereocenters. The molecule has 0 saturated heterocycles. The fraction of sp³-hybridized carbons (Fsp3) is 0.471. The van der Waals surface area contributed by atoms with E-state index < -0.39 is 6.10 Å². The van der Waals surface area contributed by atoms with Gasteiger partial charge in [-0.25, -0.2) is 0 Å². The Bertz CT molecular complexity index is 632. The molecule has 0 radical (unpaired) electrons. The lowest BCUT2D eigenvalue weighted by molar-refractivity contribution is 0.0285. The van der Waals surface area contributed by atoms with E-state index in [0.717, 1.165) is 24.1 Å². The molecule has 0 aliphatic heterocycles. The summed E-state index contributed by atoms with van der Waals surface area (Å²) in [5.74, 6) is 0. The molecule has 21 heavy (non-hydrogen) atoms. The van der Waals surface area contributed by atoms with Crippen LogP contribution in [0.2, 0.25) is 5.15 Å². The third-order valence-electron chi connectivity index (χ3n) is 4.90. The molecule has 1 aliphatic rings. The minimum atomic E-state index is -0.422. The van der Waals surface area contributed by atoms with Crippen molar-refractivity contribution in [3.63, 3.8) is 0 Å². The number of aliphatic hydroxyl groups is 1. The summed E-state index contributed by atoms with van der Waals surface area (Å²) in [6, 6.07) is 10.4. The molecule has 1 heterocycles. The van der Waals surface area contributed by atoms with Gasteiger partial charge in [-0.1, -0.05) is 48.4 Å². The first-order valence-electron chi connectivity index (χ1n) is 7.46. The molecule has 1 saturated carbocycles. The van der Waals surface area contributed by atoms with Crippen molar-refractivity contribution < 1.29 is 5.11 Å². The van der Waals surface area contributed by atoms with Gasteiger partial charge in [0.2, 0.25) is 0 Å². The standard InChI is InChI=1S/C17H21ClN2O/c1-12-14(16(18)20(2)19-12)11-15(21)17(9-6-10-17)13-7-4-3-5-8-13/h3-5,7-8,15,21H,6,9-11H2,1-2H3. The zero-order valence-corrected chi connectivity index (χ0v) is 13.3. The highest BCUT2D eigenvalue weighted by molar-refractivity contribution is 6.30. The number of nitrogens with zero attached hydrogens (tertiary/aromatic N) is 2. The number of aromatic nitrogens is 2. The van der Waals surface area contributed by atoms with Crippen molar-refractivity contribution in [3.8, 4) is 0 Å². The topological polar surface area (TPSA) is 38.0 Å². The van der Waals surface area contributed by atoms with Crippen molar-refractivity contribution >= 4 is 11.6 Å². The summed E-state index contributed by atoms with van der Waals surface area (Å²) < 4.78 is 1.68. The van der Waals surface area contributed by atoms with Crippen LogP contribution in [0.25, 0.3) is 0 Å². The Morgan fingerprint density at radius 2 is 2.00 bits per heavy atom. The molecule has 3 rings (SSSR count). The fourth-order valence-electron chi connectivity index (χ4n) is 3.44. The van der Waals surface area contributed by atoms with Crippen LogP contribution in [-0.2, 0) is 18.9 Å². The monoisotopic (exact) mass is 304 g/mol. The highest BCUT2D eigenvalue weighted by atomic mass is 35.5. The Morgan fingerprint density at radius 3 is 2.48 bits per heavy atom. The highest BCUT2D eigenvalue weighted by Gasteiger charge is 2.45. The molecule has 0 bridgehead atoms. The molecule has 112 valence electrons. The van der Waals surface area contributed by atoms with Crippen LogP contribution in [0.15, 0.2) is 30.3 Å². The summed E-state index contributed by atoms with van der Waals surface area (Å²) in [6.45, 7) is 1.95. The largest absolute Gasteiger partial charge is 0.392 e. The first kappa shape index (κ1) is 14.6. The van der Waals surface area contributed by atoms with E-state index in [-0.39, 0.29) is 5.41 Å². The Morgan fingerprint density at radius 1 is 1.33 bits per heavy atom. The average Bonchev–Trinajstić information content (AvgIpc) is 2.65. The van der Waals surface area contributed by atoms with Gasteiger partial charge in [-0.05, 0) is 25.3 Å². The summed E-state index contributed by atoms with van der Waals surface area (Å²) in [4.78, 5) is 0. The van der Waals surface area contributed by atoms with E-state index in [1.165, 1.54) is 12.0 Å². The van der Waals surface area contributed by atoms with E-state index in [9.17, 15) is 5.11 Å². The molecular formula is C17H21ClN2O. The third-order valence-corrected chi connectivity index (χ3v) is 5.37. The van der Waals surface area contributed by atoms with Gasteiger partial charge in [0.25, 0.3) is 0 Å². The first-order chi connectivity index (χ1) is 10.0. The molecule has 1 fully saturated rings. The lowest BCUT2D eigenvalue weighted by Crippen LogP contribution is -2.46. The number of aryl methyl sites for hydroxylation is 2. The normalized spacial score (nSPS) is 18.3. The molecule has 4 heteroatoms. The van der Waals surface area contributed by atoms with Crippen molar-refractivity contribution in [2.24, 2.45) is 7.05 Å². The highest BCUT2D eigenvalue weighted by Crippen LogP contribution is 2.47. The van der Waals surface area contributed by atoms with Crippen LogP contribution in [-0.4, -0.2) is 21.0 Å². The zero-order valence-electron chi connectivity index (χ0n) is 12.5. The Labute approximate surface area is 130 Å². The number of benzene rings is 1. The molecule has 0 spiro atoms. The number of hydrogen-bond donors (Lipinski definition) is 1. The molecule has 3 nitrogen and oxygen atoms in total. The van der Waals surface area contributed by atoms with E-state index in [2.05, 4.69) is 17.2 Å². The van der Waals surface area contributed by atoms with E-state index in [1.807, 2.05) is 32.2 Å². The molecule has 0 amide bonds. The summed E-state index contributed by atoms with van der Waals surface area (Å²) in [6.07, 6.45) is 3.39. The molecule has 1 aromatic heterocycles. The maximum absolute atomic E-state index is 10.9. The summed E-state index contributed by atoms with van der Waals surface area (Å²) in [7, 11) is 1.83. The first-order valence-corrected chi connectivity index (χ1v) is 7.84. The maximum Gasteiger partial charge on any atom is 0.130 e. The smallest absolute Gasteiger partial charge is 0.130 e. The lowest BCUT2D eigenvalue weighted by atomic mass is 9.60. The van der Waals surface area contributed by atoms with Crippen LogP contribution in [0.4, 0.5) is 0 Å². The number of hydrogen-bond acceptors (Lipinski definition) is 2. The van der Waals surface area contributed by atoms with Gasteiger partial charge in [-0.2, -0.15) is 5.10 Å². The summed E-state index contributed by atoms with van der Waals surface area (Å²) in [5.41, 5.74) is 2.99. The Hall–Kier alpha value is -1.32. The van der Waals surface area contributed by atoms with Crippen molar-refractivity contribution in [3.05, 3.63) is 52.3 Å². The van der Waals surface area contributed by atoms with Gasteiger partial charge in [0.15, 0.2) is 0 Å². The van der Waals surface area contributed by atoms with Gasteiger partial charge >= 0.3 is 0 Å². The van der Waals surface area contributed by atoms with Crippen molar-refractivity contribution in [2.45, 2.75) is 44.1 Å². The van der Waals surface area contributed by atoms with Gasteiger partial charge in [0, 0.05) is 24.4 Å². The fourth-order valence-corrected chi connectivity index (χ4v) is 3.69. The number of rotatable bonds is 4. The Balaban J connectivity index is 1.88. The van der Waals surface area contributed by atoms with E-state index >= 15 is 0 Å². The number of aliphatic hydroxyl groups excluding tert-OH is 1. The Kier molecular flexibility index (Phi) is 3.80. The number of halogens is 1. The third kappa shape index (κ3) is 2.39. The van der Waals surface area contributed by atoms with Crippen LogP contribution < -0.4 is 0 Å². The maximum atomic E-state index is 10.9. The second kappa shape index (κ2) is 5.47. The van der Waals surface area contributed by atoms with E-state index in [4.69, 9.17) is 11.6 Å². The summed E-state index contributed by atoms with van der Waals surface area (Å²) >= 11 is 6.30. The second-order valence-corrected chi connectivity index (χ2v) is 6.43. The predicted molar refractivity (Wildman–Crippen MR) is 84.6 cm³/mol. The van der Waals surface area contributed by atoms with Gasteiger partial charge in [0.1, 0.15) is 5.15 Å². The molecule has 1 aromatic carbocycles. The average molecular weight is 305 g/mol. The van der Waals surface area contributed by atoms with Crippen LogP contribution in [0, 0.1) is 6.92 Å².